The standard InChI is InChI=1S/C15H12F4N2O4S/c1-7(25-14-12(18)10(16)6-11(17)13(14)19)15(22)21-8-2-4-9(5-3-8)26(20,23)24/h2-7H,1H3,(H,21,22)(H2,20,23,24)/t7-/m0/s1. The molecule has 0 aliphatic carbocycles. The summed E-state index contributed by atoms with van der Waals surface area (Å²) in [4.78, 5) is 11.8. The zero-order valence-electron chi connectivity index (χ0n) is 13.1. The van der Waals surface area contributed by atoms with Gasteiger partial charge in [-0.25, -0.2) is 22.3 Å². The van der Waals surface area contributed by atoms with Crippen molar-refractivity contribution in [3.05, 3.63) is 53.6 Å². The Bertz CT molecular complexity index is 923. The number of primary sulfonamides is 1. The minimum absolute atomic E-state index is 0.00924. The fourth-order valence-electron chi connectivity index (χ4n) is 1.86. The van der Waals surface area contributed by atoms with E-state index < -0.39 is 51.1 Å². The molecule has 0 saturated carbocycles. The van der Waals surface area contributed by atoms with Crippen LogP contribution < -0.4 is 15.2 Å². The van der Waals surface area contributed by atoms with Gasteiger partial charge in [0.05, 0.1) is 4.90 Å². The van der Waals surface area contributed by atoms with E-state index in [0.29, 0.717) is 0 Å². The number of hydrogen-bond donors (Lipinski definition) is 2. The molecule has 6 nitrogen and oxygen atoms in total. The lowest BCUT2D eigenvalue weighted by Gasteiger charge is -2.16. The number of carbonyl (C=O) groups is 1. The summed E-state index contributed by atoms with van der Waals surface area (Å²) in [6.45, 7) is 1.09. The SMILES string of the molecule is C[C@H](Oc1c(F)c(F)cc(F)c1F)C(=O)Nc1ccc(S(N)(=O)=O)cc1. The molecule has 2 aromatic carbocycles. The molecular formula is C15H12F4N2O4S. The highest BCUT2D eigenvalue weighted by molar-refractivity contribution is 7.89. The van der Waals surface area contributed by atoms with Crippen molar-refractivity contribution in [3.8, 4) is 5.75 Å². The van der Waals surface area contributed by atoms with Crippen LogP contribution in [-0.4, -0.2) is 20.4 Å². The number of sulfonamides is 1. The van der Waals surface area contributed by atoms with Crippen molar-refractivity contribution in [3.63, 3.8) is 0 Å². The highest BCUT2D eigenvalue weighted by Gasteiger charge is 2.25. The van der Waals surface area contributed by atoms with Gasteiger partial charge in [0.2, 0.25) is 21.7 Å². The second kappa shape index (κ2) is 7.30. The van der Waals surface area contributed by atoms with Crippen LogP contribution in [0.5, 0.6) is 5.75 Å². The first-order valence-electron chi connectivity index (χ1n) is 6.94. The van der Waals surface area contributed by atoms with E-state index in [4.69, 9.17) is 9.88 Å². The van der Waals surface area contributed by atoms with E-state index in [0.717, 1.165) is 19.1 Å². The van der Waals surface area contributed by atoms with E-state index in [2.05, 4.69) is 5.32 Å². The molecule has 11 heteroatoms. The third kappa shape index (κ3) is 4.29. The molecule has 1 amide bonds. The first kappa shape index (κ1) is 19.7. The highest BCUT2D eigenvalue weighted by Crippen LogP contribution is 2.27. The van der Waals surface area contributed by atoms with Crippen LogP contribution in [0.2, 0.25) is 0 Å². The molecule has 26 heavy (non-hydrogen) atoms. The Morgan fingerprint density at radius 3 is 2.04 bits per heavy atom. The van der Waals surface area contributed by atoms with Crippen LogP contribution in [0.15, 0.2) is 35.2 Å². The molecule has 3 N–H and O–H groups in total. The minimum Gasteiger partial charge on any atom is -0.475 e. The van der Waals surface area contributed by atoms with Gasteiger partial charge in [0.15, 0.2) is 23.5 Å². The van der Waals surface area contributed by atoms with Crippen LogP contribution >= 0.6 is 0 Å². The predicted octanol–water partition coefficient (Wildman–Crippen LogP) is 2.30. The maximum Gasteiger partial charge on any atom is 0.265 e. The van der Waals surface area contributed by atoms with Crippen molar-refractivity contribution >= 4 is 21.6 Å². The van der Waals surface area contributed by atoms with Gasteiger partial charge in [-0.3, -0.25) is 4.79 Å². The van der Waals surface area contributed by atoms with Gasteiger partial charge in [-0.1, -0.05) is 0 Å². The smallest absolute Gasteiger partial charge is 0.265 e. The normalized spacial score (nSPS) is 12.5. The van der Waals surface area contributed by atoms with Crippen molar-refractivity contribution in [1.82, 2.24) is 0 Å². The third-order valence-corrected chi connectivity index (χ3v) is 4.11. The summed E-state index contributed by atoms with van der Waals surface area (Å²) in [6, 6.07) is 4.69. The Labute approximate surface area is 145 Å². The minimum atomic E-state index is -3.91. The lowest BCUT2D eigenvalue weighted by molar-refractivity contribution is -0.122. The molecular weight excluding hydrogens is 380 g/mol. The summed E-state index contributed by atoms with van der Waals surface area (Å²) in [6.07, 6.45) is -1.53. The van der Waals surface area contributed by atoms with E-state index in [1.54, 1.807) is 0 Å². The number of ether oxygens (including phenoxy) is 1. The molecule has 2 rings (SSSR count). The zero-order valence-corrected chi connectivity index (χ0v) is 13.9. The van der Waals surface area contributed by atoms with Crippen LogP contribution in [0.3, 0.4) is 0 Å². The first-order chi connectivity index (χ1) is 12.0. The predicted molar refractivity (Wildman–Crippen MR) is 82.8 cm³/mol. The first-order valence-corrected chi connectivity index (χ1v) is 8.48. The Morgan fingerprint density at radius 1 is 1.08 bits per heavy atom. The maximum absolute atomic E-state index is 13.5. The van der Waals surface area contributed by atoms with Gasteiger partial charge in [0, 0.05) is 11.8 Å². The van der Waals surface area contributed by atoms with Crippen LogP contribution in [0.25, 0.3) is 0 Å². The molecule has 0 spiro atoms. The van der Waals surface area contributed by atoms with Gasteiger partial charge in [0.1, 0.15) is 0 Å². The average Bonchev–Trinajstić information content (AvgIpc) is 2.56. The van der Waals surface area contributed by atoms with Crippen LogP contribution in [0, 0.1) is 23.3 Å². The molecule has 0 fully saturated rings. The van der Waals surface area contributed by atoms with Gasteiger partial charge in [0.25, 0.3) is 5.91 Å². The lowest BCUT2D eigenvalue weighted by atomic mass is 10.2. The van der Waals surface area contributed by atoms with Gasteiger partial charge in [-0.05, 0) is 31.2 Å². The number of carbonyl (C=O) groups excluding carboxylic acids is 1. The zero-order chi connectivity index (χ0) is 19.6. The van der Waals surface area contributed by atoms with Gasteiger partial charge in [-0.2, -0.15) is 8.78 Å². The highest BCUT2D eigenvalue weighted by atomic mass is 32.2. The van der Waals surface area contributed by atoms with Gasteiger partial charge in [-0.15, -0.1) is 0 Å². The summed E-state index contributed by atoms with van der Waals surface area (Å²) >= 11 is 0. The third-order valence-electron chi connectivity index (χ3n) is 3.19. The van der Waals surface area contributed by atoms with Crippen molar-refractivity contribution in [2.75, 3.05) is 5.32 Å². The summed E-state index contributed by atoms with van der Waals surface area (Å²) in [5, 5.41) is 7.20. The molecule has 140 valence electrons. The Kier molecular flexibility index (Phi) is 5.52. The molecule has 1 atom stereocenters. The van der Waals surface area contributed by atoms with E-state index in [-0.39, 0.29) is 16.6 Å². The van der Waals surface area contributed by atoms with Gasteiger partial charge >= 0.3 is 0 Å². The van der Waals surface area contributed by atoms with Crippen LogP contribution in [0.1, 0.15) is 6.92 Å². The largest absolute Gasteiger partial charge is 0.475 e. The van der Waals surface area contributed by atoms with E-state index in [9.17, 15) is 30.8 Å². The Morgan fingerprint density at radius 2 is 1.58 bits per heavy atom. The number of nitrogens with two attached hydrogens (primary N) is 1. The van der Waals surface area contributed by atoms with Crippen LogP contribution in [-0.2, 0) is 14.8 Å². The van der Waals surface area contributed by atoms with Gasteiger partial charge < -0.3 is 10.1 Å². The van der Waals surface area contributed by atoms with Crippen molar-refractivity contribution in [2.24, 2.45) is 5.14 Å². The molecule has 0 aliphatic heterocycles. The number of rotatable bonds is 5. The number of anilines is 1. The summed E-state index contributed by atoms with van der Waals surface area (Å²) in [5.74, 6) is -9.18. The number of benzene rings is 2. The number of amides is 1. The molecule has 0 unspecified atom stereocenters. The average molecular weight is 392 g/mol. The fourth-order valence-corrected chi connectivity index (χ4v) is 2.37. The van der Waals surface area contributed by atoms with Crippen molar-refractivity contribution in [2.45, 2.75) is 17.9 Å². The molecule has 0 radical (unpaired) electrons. The molecule has 0 aromatic heterocycles. The molecule has 0 bridgehead atoms. The second-order valence-corrected chi connectivity index (χ2v) is 6.68. The maximum atomic E-state index is 13.5. The van der Waals surface area contributed by atoms with Crippen LogP contribution in [0.4, 0.5) is 23.2 Å². The molecule has 0 saturated heterocycles. The summed E-state index contributed by atoms with van der Waals surface area (Å²) in [5.41, 5.74) is 0.129. The quantitative estimate of drug-likeness (QED) is 0.603. The Hall–Kier alpha value is -2.66. The second-order valence-electron chi connectivity index (χ2n) is 5.12. The van der Waals surface area contributed by atoms with Crippen molar-refractivity contribution in [1.29, 1.82) is 0 Å². The van der Waals surface area contributed by atoms with Crippen molar-refractivity contribution < 1.29 is 35.5 Å². The van der Waals surface area contributed by atoms with E-state index in [1.807, 2.05) is 0 Å². The number of halogens is 4. The molecule has 0 heterocycles. The topological polar surface area (TPSA) is 98.5 Å². The fraction of sp³-hybridized carbons (Fsp3) is 0.133. The molecule has 2 aromatic rings. The van der Waals surface area contributed by atoms with E-state index >= 15 is 0 Å². The Balaban J connectivity index is 2.14. The lowest BCUT2D eigenvalue weighted by Crippen LogP contribution is -2.31. The number of hydrogen-bond acceptors (Lipinski definition) is 4. The summed E-state index contributed by atoms with van der Waals surface area (Å²) in [7, 11) is -3.91. The molecule has 0 aliphatic rings. The number of nitrogens with one attached hydrogen (secondary N) is 1. The monoisotopic (exact) mass is 392 g/mol. The summed E-state index contributed by atoms with van der Waals surface area (Å²) < 4.78 is 80.3. The van der Waals surface area contributed by atoms with E-state index in [1.165, 1.54) is 12.1 Å².